The summed E-state index contributed by atoms with van der Waals surface area (Å²) in [5.74, 6) is -0.982. The van der Waals surface area contributed by atoms with Crippen LogP contribution in [0.3, 0.4) is 0 Å². The van der Waals surface area contributed by atoms with E-state index in [1.807, 2.05) is 0 Å². The molecule has 0 saturated carbocycles. The van der Waals surface area contributed by atoms with Crippen LogP contribution in [0.1, 0.15) is 56.3 Å². The van der Waals surface area contributed by atoms with Crippen molar-refractivity contribution in [1.29, 1.82) is 0 Å². The molecular weight excluding hydrogens is 614 g/mol. The van der Waals surface area contributed by atoms with E-state index in [-0.39, 0.29) is 24.8 Å². The SMILES string of the molecule is C=CC[SiH](CC=C)[Hf+2]([CH]1C(CC)=Cc2ccccc21)[CH]1C(CC)=Cc2ccccc21.[Cl-].[Cl-]. The zero-order chi connectivity index (χ0) is 21.1. The summed E-state index contributed by atoms with van der Waals surface area (Å²) in [5.41, 5.74) is 9.68. The van der Waals surface area contributed by atoms with Crippen molar-refractivity contribution in [2.45, 2.75) is 46.1 Å². The molecule has 0 saturated heterocycles. The van der Waals surface area contributed by atoms with Crippen LogP contribution in [0, 0.1) is 0 Å². The predicted octanol–water partition coefficient (Wildman–Crippen LogP) is 1.81. The first kappa shape index (κ1) is 27.3. The largest absolute Gasteiger partial charge is 1.00 e. The van der Waals surface area contributed by atoms with Crippen molar-refractivity contribution >= 4 is 18.1 Å². The Kier molecular flexibility index (Phi) is 10.7. The summed E-state index contributed by atoms with van der Waals surface area (Å²) in [6, 6.07) is 21.0. The van der Waals surface area contributed by atoms with Crippen molar-refractivity contribution in [1.82, 2.24) is 0 Å². The topological polar surface area (TPSA) is 0 Å². The number of fused-ring (bicyclic) bond motifs is 2. The number of allylic oxidation sites excluding steroid dienone is 4. The molecule has 2 aromatic rings. The van der Waals surface area contributed by atoms with Gasteiger partial charge >= 0.3 is 192 Å². The Morgan fingerprint density at radius 2 is 1.16 bits per heavy atom. The van der Waals surface area contributed by atoms with Gasteiger partial charge in [-0.15, -0.1) is 0 Å². The molecule has 0 aromatic heterocycles. The molecule has 0 nitrogen and oxygen atoms in total. The molecule has 0 radical (unpaired) electrons. The molecule has 2 aliphatic carbocycles. The van der Waals surface area contributed by atoms with Crippen molar-refractivity contribution in [2.75, 3.05) is 0 Å². The van der Waals surface area contributed by atoms with Gasteiger partial charge < -0.3 is 24.8 Å². The van der Waals surface area contributed by atoms with Gasteiger partial charge in [0.1, 0.15) is 0 Å². The van der Waals surface area contributed by atoms with Gasteiger partial charge in [0.15, 0.2) is 0 Å². The molecule has 0 N–H and O–H groups in total. The van der Waals surface area contributed by atoms with E-state index in [4.69, 9.17) is 0 Å². The van der Waals surface area contributed by atoms with Crippen LogP contribution in [-0.4, -0.2) is 5.98 Å². The Bertz CT molecular complexity index is 930. The number of hydrogen-bond donors (Lipinski definition) is 0. The summed E-state index contributed by atoms with van der Waals surface area (Å²) in [6.07, 6.45) is 11.9. The van der Waals surface area contributed by atoms with E-state index in [9.17, 15) is 0 Å². The van der Waals surface area contributed by atoms with Crippen LogP contribution >= 0.6 is 0 Å². The fraction of sp³-hybridized carbons (Fsp3) is 0.286. The minimum absolute atomic E-state index is 0. The first-order valence-electron chi connectivity index (χ1n) is 11.4. The monoisotopic (exact) mass is 647 g/mol. The van der Waals surface area contributed by atoms with Crippen LogP contribution < -0.4 is 24.8 Å². The van der Waals surface area contributed by atoms with E-state index in [0.717, 1.165) is 7.35 Å². The van der Waals surface area contributed by atoms with Gasteiger partial charge in [-0.1, -0.05) is 0 Å². The third-order valence-corrected chi connectivity index (χ3v) is 40.0. The molecule has 0 bridgehead atoms. The molecule has 4 heteroatoms. The van der Waals surface area contributed by atoms with Gasteiger partial charge in [0.05, 0.1) is 0 Å². The second-order valence-corrected chi connectivity index (χ2v) is 32.9. The number of rotatable bonds is 9. The first-order chi connectivity index (χ1) is 14.7. The second kappa shape index (κ2) is 12.5. The standard InChI is InChI=1S/2C11H11.C6H11Si.2ClH.Hf/c2*1-2-9-7-10-5-3-4-6-11(10)8-9;1-3-5-7-6-4-2;;;/h2*3-8H,2H2,1H3;3-4,7H,1-2,5-6H2;2*1H;/q;;;;;+2/p-2. The Morgan fingerprint density at radius 1 is 0.750 bits per heavy atom. The second-order valence-electron chi connectivity index (χ2n) is 8.52. The molecule has 0 spiro atoms. The summed E-state index contributed by atoms with van der Waals surface area (Å²) < 4.78 is 1.47. The summed E-state index contributed by atoms with van der Waals surface area (Å²) >= 11 is -2.27. The molecule has 2 unspecified atom stereocenters. The van der Waals surface area contributed by atoms with Crippen LogP contribution in [0.2, 0.25) is 12.1 Å². The third-order valence-electron chi connectivity index (χ3n) is 6.89. The number of halogens is 2. The predicted molar refractivity (Wildman–Crippen MR) is 132 cm³/mol. The average Bonchev–Trinajstić information content (AvgIpc) is 3.33. The maximum Gasteiger partial charge on any atom is -1.00 e. The van der Waals surface area contributed by atoms with Gasteiger partial charge in [-0.25, -0.2) is 0 Å². The number of benzene rings is 2. The Hall–Kier alpha value is -0.933. The first-order valence-corrected chi connectivity index (χ1v) is 24.0. The van der Waals surface area contributed by atoms with Crippen LogP contribution in [0.4, 0.5) is 0 Å². The van der Waals surface area contributed by atoms with Crippen LogP contribution in [0.15, 0.2) is 85.0 Å². The van der Waals surface area contributed by atoms with Crippen molar-refractivity contribution < 1.29 is 45.4 Å². The number of hydrogen-bond acceptors (Lipinski definition) is 0. The van der Waals surface area contributed by atoms with E-state index in [0.29, 0.717) is 0 Å². The van der Waals surface area contributed by atoms with Crippen LogP contribution in [0.5, 0.6) is 0 Å². The van der Waals surface area contributed by atoms with Crippen molar-refractivity contribution in [2.24, 2.45) is 0 Å². The van der Waals surface area contributed by atoms with Crippen molar-refractivity contribution in [3.8, 4) is 0 Å². The molecule has 0 heterocycles. The molecule has 0 amide bonds. The maximum atomic E-state index is 4.19. The van der Waals surface area contributed by atoms with E-state index in [2.05, 4.69) is 99.8 Å². The smallest absolute Gasteiger partial charge is 1.00 e. The van der Waals surface area contributed by atoms with Crippen LogP contribution in [-0.2, 0) is 20.6 Å². The van der Waals surface area contributed by atoms with Crippen molar-refractivity contribution in [3.05, 3.63) is 107 Å². The Labute approximate surface area is 215 Å². The summed E-state index contributed by atoms with van der Waals surface area (Å²) in [7, 11) is 0. The van der Waals surface area contributed by atoms with Gasteiger partial charge in [0.2, 0.25) is 0 Å². The van der Waals surface area contributed by atoms with Crippen LogP contribution in [0.25, 0.3) is 12.2 Å². The molecule has 0 fully saturated rings. The summed E-state index contributed by atoms with van der Waals surface area (Å²) in [4.78, 5) is 0. The van der Waals surface area contributed by atoms with Gasteiger partial charge in [-0.3, -0.25) is 0 Å². The molecule has 4 rings (SSSR count). The quantitative estimate of drug-likeness (QED) is 0.288. The van der Waals surface area contributed by atoms with Gasteiger partial charge in [0, 0.05) is 0 Å². The fourth-order valence-corrected chi connectivity index (χ4v) is 44.9. The minimum atomic E-state index is -2.27. The Balaban J connectivity index is 0.00000181. The molecular formula is C28H33Cl2HfSi. The average molecular weight is 647 g/mol. The minimum Gasteiger partial charge on any atom is -1.00 e. The van der Waals surface area contributed by atoms with Gasteiger partial charge in [0.25, 0.3) is 0 Å². The van der Waals surface area contributed by atoms with E-state index in [1.54, 1.807) is 22.3 Å². The zero-order valence-corrected chi connectivity index (χ0v) is 25.4. The third kappa shape index (κ3) is 5.09. The van der Waals surface area contributed by atoms with Crippen molar-refractivity contribution in [3.63, 3.8) is 0 Å². The van der Waals surface area contributed by atoms with E-state index in [1.165, 1.54) is 36.1 Å². The maximum absolute atomic E-state index is 4.19. The Morgan fingerprint density at radius 3 is 1.53 bits per heavy atom. The molecule has 2 aliphatic rings. The summed E-state index contributed by atoms with van der Waals surface area (Å²) in [6.45, 7) is 13.1. The normalized spacial score (nSPS) is 18.0. The van der Waals surface area contributed by atoms with Gasteiger partial charge in [-0.2, -0.15) is 0 Å². The van der Waals surface area contributed by atoms with E-state index < -0.39 is 26.6 Å². The molecule has 32 heavy (non-hydrogen) atoms. The molecule has 0 aliphatic heterocycles. The van der Waals surface area contributed by atoms with E-state index >= 15 is 0 Å². The molecule has 2 aromatic carbocycles. The van der Waals surface area contributed by atoms with Gasteiger partial charge in [-0.05, 0) is 0 Å². The zero-order valence-electron chi connectivity index (χ0n) is 19.2. The summed E-state index contributed by atoms with van der Waals surface area (Å²) in [5, 5.41) is 0. The fourth-order valence-electron chi connectivity index (χ4n) is 5.58. The molecule has 167 valence electrons. The molecule has 2 atom stereocenters.